The monoisotopic (exact) mass is 428 g/mol. The summed E-state index contributed by atoms with van der Waals surface area (Å²) in [5, 5.41) is 21.4. The first-order valence-corrected chi connectivity index (χ1v) is 10.4. The number of nitrogens with two attached hydrogens (primary N) is 1. The normalized spacial score (nSPS) is 20.1. The summed E-state index contributed by atoms with van der Waals surface area (Å²) in [6.07, 6.45) is 0.959. The Bertz CT molecular complexity index is 1210. The van der Waals surface area contributed by atoms with Gasteiger partial charge < -0.3 is 10.6 Å². The molecule has 0 amide bonds. The van der Waals surface area contributed by atoms with Crippen LogP contribution in [0.15, 0.2) is 77.3 Å². The molecular formula is C25H24N4O3. The zero-order chi connectivity index (χ0) is 23.0. The van der Waals surface area contributed by atoms with Gasteiger partial charge in [-0.1, -0.05) is 56.3 Å². The van der Waals surface area contributed by atoms with Crippen molar-refractivity contribution in [1.82, 2.24) is 4.90 Å². The van der Waals surface area contributed by atoms with Crippen molar-refractivity contribution in [2.24, 2.45) is 11.1 Å². The third-order valence-corrected chi connectivity index (χ3v) is 6.08. The van der Waals surface area contributed by atoms with Gasteiger partial charge in [0.1, 0.15) is 5.82 Å². The summed E-state index contributed by atoms with van der Waals surface area (Å²) in [7, 11) is 0. The van der Waals surface area contributed by atoms with Gasteiger partial charge >= 0.3 is 0 Å². The molecule has 0 saturated carbocycles. The van der Waals surface area contributed by atoms with Crippen LogP contribution in [0.4, 0.5) is 5.69 Å². The standard InChI is InChI=1S/C25H24N4O3/c1-25(2)12-20-23(21(30)13-25)22(17-9-6-10-18(11-17)29(31)32)19(14-26)24(27)28(20)15-16-7-4-3-5-8-16/h3-11,22H,12-13,15,27H2,1-2H3/t22-/m0/s1. The molecule has 0 radical (unpaired) electrons. The van der Waals surface area contributed by atoms with Gasteiger partial charge in [0.2, 0.25) is 0 Å². The zero-order valence-electron chi connectivity index (χ0n) is 18.0. The summed E-state index contributed by atoms with van der Waals surface area (Å²) in [5.74, 6) is -0.478. The number of nitriles is 1. The lowest BCUT2D eigenvalue weighted by Crippen LogP contribution is -2.41. The van der Waals surface area contributed by atoms with E-state index in [-0.39, 0.29) is 28.3 Å². The topological polar surface area (TPSA) is 113 Å². The fraction of sp³-hybridized carbons (Fsp3) is 0.280. The summed E-state index contributed by atoms with van der Waals surface area (Å²) < 4.78 is 0. The molecule has 1 heterocycles. The molecule has 0 fully saturated rings. The molecule has 162 valence electrons. The van der Waals surface area contributed by atoms with E-state index in [0.29, 0.717) is 30.5 Å². The molecule has 2 aliphatic rings. The molecule has 4 rings (SSSR count). The molecule has 0 bridgehead atoms. The molecule has 32 heavy (non-hydrogen) atoms. The summed E-state index contributed by atoms with van der Waals surface area (Å²) in [6, 6.07) is 18.1. The molecule has 0 saturated heterocycles. The number of carbonyl (C=O) groups excluding carboxylic acids is 1. The SMILES string of the molecule is CC1(C)CC(=O)C2=C(C1)N(Cc1ccccc1)C(N)=C(C#N)[C@@H]2c1cccc([N+](=O)[O-])c1. The number of non-ortho nitro benzene ring substituents is 1. The van der Waals surface area contributed by atoms with E-state index in [2.05, 4.69) is 6.07 Å². The number of nitrogens with zero attached hydrogens (tertiary/aromatic N) is 3. The van der Waals surface area contributed by atoms with Crippen molar-refractivity contribution in [3.63, 3.8) is 0 Å². The number of hydrogen-bond acceptors (Lipinski definition) is 6. The van der Waals surface area contributed by atoms with Crippen molar-refractivity contribution in [2.45, 2.75) is 39.2 Å². The predicted molar refractivity (Wildman–Crippen MR) is 120 cm³/mol. The Morgan fingerprint density at radius 2 is 1.91 bits per heavy atom. The van der Waals surface area contributed by atoms with E-state index in [1.165, 1.54) is 12.1 Å². The Morgan fingerprint density at radius 1 is 1.19 bits per heavy atom. The number of nitro groups is 1. The minimum Gasteiger partial charge on any atom is -0.384 e. The lowest BCUT2D eigenvalue weighted by molar-refractivity contribution is -0.384. The molecule has 7 nitrogen and oxygen atoms in total. The summed E-state index contributed by atoms with van der Waals surface area (Å²) in [5.41, 5.74) is 9.29. The van der Waals surface area contributed by atoms with Crippen LogP contribution in [0.5, 0.6) is 0 Å². The minimum atomic E-state index is -0.717. The smallest absolute Gasteiger partial charge is 0.269 e. The fourth-order valence-electron chi connectivity index (χ4n) is 4.67. The van der Waals surface area contributed by atoms with Crippen LogP contribution < -0.4 is 5.73 Å². The van der Waals surface area contributed by atoms with Gasteiger partial charge in [-0.05, 0) is 23.0 Å². The van der Waals surface area contributed by atoms with Crippen LogP contribution >= 0.6 is 0 Å². The van der Waals surface area contributed by atoms with Crippen molar-refractivity contribution >= 4 is 11.5 Å². The van der Waals surface area contributed by atoms with Gasteiger partial charge in [0, 0.05) is 36.4 Å². The lowest BCUT2D eigenvalue weighted by atomic mass is 9.68. The highest BCUT2D eigenvalue weighted by Crippen LogP contribution is 2.49. The molecule has 2 aromatic carbocycles. The maximum absolute atomic E-state index is 13.4. The van der Waals surface area contributed by atoms with Crippen LogP contribution in [0.25, 0.3) is 0 Å². The number of benzene rings is 2. The Morgan fingerprint density at radius 3 is 2.56 bits per heavy atom. The second-order valence-corrected chi connectivity index (χ2v) is 9.07. The van der Waals surface area contributed by atoms with Crippen LogP contribution in [0.2, 0.25) is 0 Å². The maximum atomic E-state index is 13.4. The fourth-order valence-corrected chi connectivity index (χ4v) is 4.67. The van der Waals surface area contributed by atoms with Crippen molar-refractivity contribution < 1.29 is 9.72 Å². The number of nitro benzene ring substituents is 1. The van der Waals surface area contributed by atoms with Gasteiger partial charge in [0.25, 0.3) is 5.69 Å². The Hall–Kier alpha value is -3.92. The van der Waals surface area contributed by atoms with Gasteiger partial charge in [-0.2, -0.15) is 5.26 Å². The third kappa shape index (κ3) is 3.76. The van der Waals surface area contributed by atoms with Gasteiger partial charge in [0.15, 0.2) is 5.78 Å². The highest BCUT2D eigenvalue weighted by molar-refractivity contribution is 6.00. The van der Waals surface area contributed by atoms with E-state index in [4.69, 9.17) is 5.73 Å². The van der Waals surface area contributed by atoms with Crippen molar-refractivity contribution in [3.8, 4) is 6.07 Å². The molecule has 0 unspecified atom stereocenters. The molecule has 0 aromatic heterocycles. The first-order valence-electron chi connectivity index (χ1n) is 10.4. The summed E-state index contributed by atoms with van der Waals surface area (Å²) in [4.78, 5) is 26.2. The van der Waals surface area contributed by atoms with Gasteiger partial charge in [0.05, 0.1) is 22.5 Å². The third-order valence-electron chi connectivity index (χ3n) is 6.08. The van der Waals surface area contributed by atoms with E-state index < -0.39 is 10.8 Å². The van der Waals surface area contributed by atoms with E-state index in [1.54, 1.807) is 12.1 Å². The summed E-state index contributed by atoms with van der Waals surface area (Å²) in [6.45, 7) is 4.51. The Labute approximate surface area is 186 Å². The largest absolute Gasteiger partial charge is 0.384 e. The molecule has 1 aliphatic heterocycles. The maximum Gasteiger partial charge on any atom is 0.269 e. The van der Waals surface area contributed by atoms with Crippen LogP contribution in [0.1, 0.15) is 43.7 Å². The van der Waals surface area contributed by atoms with E-state index in [1.807, 2.05) is 49.1 Å². The lowest BCUT2D eigenvalue weighted by Gasteiger charge is -2.43. The summed E-state index contributed by atoms with van der Waals surface area (Å²) >= 11 is 0. The Balaban J connectivity index is 1.92. The van der Waals surface area contributed by atoms with Gasteiger partial charge in [-0.3, -0.25) is 14.9 Å². The number of ketones is 1. The molecule has 0 spiro atoms. The quantitative estimate of drug-likeness (QED) is 0.565. The van der Waals surface area contributed by atoms with E-state index in [0.717, 1.165) is 11.3 Å². The van der Waals surface area contributed by atoms with Gasteiger partial charge in [-0.25, -0.2) is 0 Å². The second kappa shape index (κ2) is 7.97. The van der Waals surface area contributed by atoms with Gasteiger partial charge in [-0.15, -0.1) is 0 Å². The molecule has 2 N–H and O–H groups in total. The van der Waals surface area contributed by atoms with Crippen molar-refractivity contribution in [1.29, 1.82) is 5.26 Å². The minimum absolute atomic E-state index is 0.0499. The highest BCUT2D eigenvalue weighted by Gasteiger charge is 2.44. The average Bonchev–Trinajstić information content (AvgIpc) is 2.75. The number of hydrogen-bond donors (Lipinski definition) is 1. The van der Waals surface area contributed by atoms with Crippen molar-refractivity contribution in [2.75, 3.05) is 0 Å². The zero-order valence-corrected chi connectivity index (χ0v) is 18.0. The van der Waals surface area contributed by atoms with E-state index >= 15 is 0 Å². The van der Waals surface area contributed by atoms with Crippen LogP contribution in [0, 0.1) is 26.9 Å². The number of allylic oxidation sites excluding steroid dienone is 3. The highest BCUT2D eigenvalue weighted by atomic mass is 16.6. The molecule has 1 atom stereocenters. The van der Waals surface area contributed by atoms with Crippen LogP contribution in [-0.4, -0.2) is 15.6 Å². The predicted octanol–water partition coefficient (Wildman–Crippen LogP) is 4.53. The van der Waals surface area contributed by atoms with Crippen molar-refractivity contribution in [3.05, 3.63) is 98.5 Å². The first-order chi connectivity index (χ1) is 15.2. The second-order valence-electron chi connectivity index (χ2n) is 9.07. The van der Waals surface area contributed by atoms with Crippen LogP contribution in [0.3, 0.4) is 0 Å². The first kappa shape index (κ1) is 21.3. The van der Waals surface area contributed by atoms with Crippen LogP contribution in [-0.2, 0) is 11.3 Å². The number of rotatable bonds is 4. The number of carbonyl (C=O) groups is 1. The Kier molecular flexibility index (Phi) is 5.31. The molecular weight excluding hydrogens is 404 g/mol. The molecule has 2 aromatic rings. The molecule has 1 aliphatic carbocycles. The average molecular weight is 428 g/mol. The number of Topliss-reactive ketones (excluding diaryl/α,β-unsaturated/α-hetero) is 1. The molecule has 7 heteroatoms. The van der Waals surface area contributed by atoms with E-state index in [9.17, 15) is 20.2 Å².